The lowest BCUT2D eigenvalue weighted by molar-refractivity contribution is -0.00835. The largest absolute Gasteiger partial charge is 0.444 e. The molecule has 1 saturated heterocycles. The van der Waals surface area contributed by atoms with E-state index in [1.807, 2.05) is 20.8 Å². The minimum atomic E-state index is -0.555. The molecular weight excluding hydrogens is 365 g/mol. The van der Waals surface area contributed by atoms with E-state index in [1.165, 1.54) is 6.07 Å². The number of halogens is 2. The van der Waals surface area contributed by atoms with Crippen LogP contribution < -0.4 is 0 Å². The van der Waals surface area contributed by atoms with Gasteiger partial charge in [0.15, 0.2) is 0 Å². The molecule has 1 aromatic rings. The predicted octanol–water partition coefficient (Wildman–Crippen LogP) is 3.75. The predicted molar refractivity (Wildman–Crippen MR) is 89.7 cm³/mol. The first kappa shape index (κ1) is 18.2. The van der Waals surface area contributed by atoms with Gasteiger partial charge in [0.05, 0.1) is 6.10 Å². The number of piperidine rings is 1. The molecule has 2 unspecified atom stereocenters. The SMILES string of the molecule is CC(C)(C)OC(=O)N1CCC(O)C(Cc2ccc(Br)cc2F)C1. The van der Waals surface area contributed by atoms with Gasteiger partial charge >= 0.3 is 6.09 Å². The van der Waals surface area contributed by atoms with Gasteiger partial charge in [0.2, 0.25) is 0 Å². The Kier molecular flexibility index (Phi) is 5.68. The summed E-state index contributed by atoms with van der Waals surface area (Å²) in [5.41, 5.74) is -0.0104. The quantitative estimate of drug-likeness (QED) is 0.840. The molecule has 0 bridgehead atoms. The van der Waals surface area contributed by atoms with Crippen molar-refractivity contribution in [3.8, 4) is 0 Å². The third-order valence-electron chi connectivity index (χ3n) is 3.84. The fraction of sp³-hybridized carbons (Fsp3) is 0.588. The summed E-state index contributed by atoms with van der Waals surface area (Å²) in [5, 5.41) is 10.2. The first-order chi connectivity index (χ1) is 10.7. The molecule has 1 aliphatic heterocycles. The fourth-order valence-corrected chi connectivity index (χ4v) is 3.02. The maximum atomic E-state index is 14.0. The molecule has 0 aromatic heterocycles. The maximum Gasteiger partial charge on any atom is 0.410 e. The zero-order chi connectivity index (χ0) is 17.2. The maximum absolute atomic E-state index is 14.0. The first-order valence-electron chi connectivity index (χ1n) is 7.75. The summed E-state index contributed by atoms with van der Waals surface area (Å²) in [4.78, 5) is 13.8. The molecule has 2 rings (SSSR count). The van der Waals surface area contributed by atoms with Crippen LogP contribution in [0.2, 0.25) is 0 Å². The Bertz CT molecular complexity index is 573. The van der Waals surface area contributed by atoms with E-state index >= 15 is 0 Å². The van der Waals surface area contributed by atoms with Crippen molar-refractivity contribution < 1.29 is 19.0 Å². The zero-order valence-corrected chi connectivity index (χ0v) is 15.3. The molecular formula is C17H23BrFNO3. The summed E-state index contributed by atoms with van der Waals surface area (Å²) in [6.07, 6.45) is -0.0656. The van der Waals surface area contributed by atoms with Gasteiger partial charge in [-0.1, -0.05) is 22.0 Å². The topological polar surface area (TPSA) is 49.8 Å². The smallest absolute Gasteiger partial charge is 0.410 e. The van der Waals surface area contributed by atoms with E-state index in [0.29, 0.717) is 36.0 Å². The van der Waals surface area contributed by atoms with Crippen LogP contribution >= 0.6 is 15.9 Å². The van der Waals surface area contributed by atoms with Crippen molar-refractivity contribution >= 4 is 22.0 Å². The monoisotopic (exact) mass is 387 g/mol. The van der Waals surface area contributed by atoms with E-state index < -0.39 is 11.7 Å². The fourth-order valence-electron chi connectivity index (χ4n) is 2.68. The van der Waals surface area contributed by atoms with E-state index in [2.05, 4.69) is 15.9 Å². The van der Waals surface area contributed by atoms with E-state index in [-0.39, 0.29) is 17.8 Å². The van der Waals surface area contributed by atoms with Crippen LogP contribution in [-0.2, 0) is 11.2 Å². The highest BCUT2D eigenvalue weighted by molar-refractivity contribution is 9.10. The van der Waals surface area contributed by atoms with Crippen molar-refractivity contribution in [3.05, 3.63) is 34.1 Å². The average molecular weight is 388 g/mol. The average Bonchev–Trinajstić information content (AvgIpc) is 2.42. The highest BCUT2D eigenvalue weighted by Crippen LogP contribution is 2.25. The van der Waals surface area contributed by atoms with Gasteiger partial charge in [-0.3, -0.25) is 0 Å². The van der Waals surface area contributed by atoms with Gasteiger partial charge in [-0.25, -0.2) is 9.18 Å². The van der Waals surface area contributed by atoms with Gasteiger partial charge in [-0.05, 0) is 51.3 Å². The molecule has 1 fully saturated rings. The molecule has 128 valence electrons. The third-order valence-corrected chi connectivity index (χ3v) is 4.34. The van der Waals surface area contributed by atoms with Crippen LogP contribution in [0.4, 0.5) is 9.18 Å². The molecule has 23 heavy (non-hydrogen) atoms. The van der Waals surface area contributed by atoms with Gasteiger partial charge in [0.1, 0.15) is 11.4 Å². The number of likely N-dealkylation sites (tertiary alicyclic amines) is 1. The number of benzene rings is 1. The Hall–Kier alpha value is -1.14. The second-order valence-electron chi connectivity index (χ2n) is 6.98. The molecule has 1 heterocycles. The van der Waals surface area contributed by atoms with Gasteiger partial charge in [-0.15, -0.1) is 0 Å². The van der Waals surface area contributed by atoms with E-state index in [4.69, 9.17) is 4.74 Å². The molecule has 1 aromatic carbocycles. The molecule has 0 saturated carbocycles. The highest BCUT2D eigenvalue weighted by Gasteiger charge is 2.33. The first-order valence-corrected chi connectivity index (χ1v) is 8.55. The number of carbonyl (C=O) groups is 1. The van der Waals surface area contributed by atoms with E-state index in [0.717, 1.165) is 0 Å². The summed E-state index contributed by atoms with van der Waals surface area (Å²) >= 11 is 3.23. The van der Waals surface area contributed by atoms with Crippen LogP contribution in [0, 0.1) is 11.7 Å². The Labute approximate surface area is 144 Å². The lowest BCUT2D eigenvalue weighted by atomic mass is 9.88. The number of aliphatic hydroxyl groups excluding tert-OH is 1. The number of aliphatic hydroxyl groups is 1. The second-order valence-corrected chi connectivity index (χ2v) is 7.90. The molecule has 1 aliphatic rings. The van der Waals surface area contributed by atoms with Crippen LogP contribution in [0.3, 0.4) is 0 Å². The zero-order valence-electron chi connectivity index (χ0n) is 13.7. The molecule has 0 aliphatic carbocycles. The standard InChI is InChI=1S/C17H23BrFNO3/c1-17(2,3)23-16(22)20-7-6-15(21)12(10-20)8-11-4-5-13(18)9-14(11)19/h4-5,9,12,15,21H,6-8,10H2,1-3H3. The number of nitrogens with zero attached hydrogens (tertiary/aromatic N) is 1. The van der Waals surface area contributed by atoms with Crippen LogP contribution in [0.1, 0.15) is 32.8 Å². The van der Waals surface area contributed by atoms with Crippen molar-refractivity contribution in [1.82, 2.24) is 4.90 Å². The van der Waals surface area contributed by atoms with Crippen molar-refractivity contribution in [2.24, 2.45) is 5.92 Å². The molecule has 2 atom stereocenters. The van der Waals surface area contributed by atoms with E-state index in [9.17, 15) is 14.3 Å². The molecule has 0 radical (unpaired) electrons. The summed E-state index contributed by atoms with van der Waals surface area (Å²) in [5.74, 6) is -0.507. The van der Waals surface area contributed by atoms with Crippen molar-refractivity contribution in [2.45, 2.75) is 45.3 Å². The number of amides is 1. The number of hydrogen-bond donors (Lipinski definition) is 1. The van der Waals surface area contributed by atoms with Gasteiger partial charge < -0.3 is 14.7 Å². The van der Waals surface area contributed by atoms with Crippen LogP contribution in [0.25, 0.3) is 0 Å². The Morgan fingerprint density at radius 2 is 2.17 bits per heavy atom. The molecule has 1 amide bonds. The van der Waals surface area contributed by atoms with Gasteiger partial charge in [0.25, 0.3) is 0 Å². The second kappa shape index (κ2) is 7.18. The van der Waals surface area contributed by atoms with Crippen molar-refractivity contribution in [1.29, 1.82) is 0 Å². The molecule has 6 heteroatoms. The number of hydrogen-bond acceptors (Lipinski definition) is 3. The van der Waals surface area contributed by atoms with Gasteiger partial charge in [-0.2, -0.15) is 0 Å². The van der Waals surface area contributed by atoms with E-state index in [1.54, 1.807) is 17.0 Å². The Morgan fingerprint density at radius 3 is 2.78 bits per heavy atom. The van der Waals surface area contributed by atoms with Gasteiger partial charge in [0, 0.05) is 23.5 Å². The number of carbonyl (C=O) groups excluding carboxylic acids is 1. The number of rotatable bonds is 2. The summed E-state index contributed by atoms with van der Waals surface area (Å²) in [7, 11) is 0. The molecule has 0 spiro atoms. The van der Waals surface area contributed by atoms with Crippen molar-refractivity contribution in [2.75, 3.05) is 13.1 Å². The summed E-state index contributed by atoms with van der Waals surface area (Å²) < 4.78 is 20.0. The minimum absolute atomic E-state index is 0.202. The van der Waals surface area contributed by atoms with Crippen molar-refractivity contribution in [3.63, 3.8) is 0 Å². The number of ether oxygens (including phenoxy) is 1. The molecule has 1 N–H and O–H groups in total. The third kappa shape index (κ3) is 5.18. The minimum Gasteiger partial charge on any atom is -0.444 e. The summed E-state index contributed by atoms with van der Waals surface area (Å²) in [6, 6.07) is 4.90. The lowest BCUT2D eigenvalue weighted by Crippen LogP contribution is -2.48. The van der Waals surface area contributed by atoms with Crippen LogP contribution in [0.5, 0.6) is 0 Å². The highest BCUT2D eigenvalue weighted by atomic mass is 79.9. The molecule has 4 nitrogen and oxygen atoms in total. The Morgan fingerprint density at radius 1 is 1.48 bits per heavy atom. The van der Waals surface area contributed by atoms with Crippen LogP contribution in [0.15, 0.2) is 22.7 Å². The summed E-state index contributed by atoms with van der Waals surface area (Å²) in [6.45, 7) is 6.27. The van der Waals surface area contributed by atoms with Crippen LogP contribution in [-0.4, -0.2) is 40.9 Å². The normalized spacial score (nSPS) is 22.1. The Balaban J connectivity index is 2.04. The lowest BCUT2D eigenvalue weighted by Gasteiger charge is -2.37.